The summed E-state index contributed by atoms with van der Waals surface area (Å²) in [7, 11) is 0. The van der Waals surface area contributed by atoms with Gasteiger partial charge in [-0.05, 0) is 56.3 Å². The van der Waals surface area contributed by atoms with Gasteiger partial charge in [-0.25, -0.2) is 0 Å². The fourth-order valence-electron chi connectivity index (χ4n) is 2.49. The Morgan fingerprint density at radius 1 is 1.26 bits per heavy atom. The number of hydrogen-bond donors (Lipinski definition) is 2. The van der Waals surface area contributed by atoms with Crippen molar-refractivity contribution in [3.05, 3.63) is 28.2 Å². The standard InChI is InChI=1S/C14H18Cl2N2O/c15-11-5-6-13(12(16)7-11)18-14(19)10-3-1-9(8-17)2-4-10/h5-7,9-10H,1-4,8,17H2,(H,18,19). The van der Waals surface area contributed by atoms with Crippen LogP contribution >= 0.6 is 23.2 Å². The van der Waals surface area contributed by atoms with E-state index in [-0.39, 0.29) is 11.8 Å². The molecular weight excluding hydrogens is 283 g/mol. The molecule has 1 amide bonds. The number of amides is 1. The Labute approximate surface area is 123 Å². The van der Waals surface area contributed by atoms with Crippen LogP contribution in [-0.2, 0) is 4.79 Å². The van der Waals surface area contributed by atoms with Crippen molar-refractivity contribution >= 4 is 34.8 Å². The molecule has 5 heteroatoms. The van der Waals surface area contributed by atoms with Crippen LogP contribution in [0.15, 0.2) is 18.2 Å². The van der Waals surface area contributed by atoms with Gasteiger partial charge in [0, 0.05) is 10.9 Å². The van der Waals surface area contributed by atoms with Crippen molar-refractivity contribution in [2.75, 3.05) is 11.9 Å². The lowest BCUT2D eigenvalue weighted by Gasteiger charge is -2.26. The first-order valence-corrected chi connectivity index (χ1v) is 7.31. The average Bonchev–Trinajstić information content (AvgIpc) is 2.42. The molecule has 3 N–H and O–H groups in total. The molecule has 0 radical (unpaired) electrons. The minimum absolute atomic E-state index is 0.0414. The molecule has 1 aliphatic rings. The molecule has 0 unspecified atom stereocenters. The van der Waals surface area contributed by atoms with Crippen LogP contribution in [0.3, 0.4) is 0 Å². The second-order valence-electron chi connectivity index (χ2n) is 5.07. The summed E-state index contributed by atoms with van der Waals surface area (Å²) in [5.74, 6) is 0.678. The monoisotopic (exact) mass is 300 g/mol. The van der Waals surface area contributed by atoms with E-state index in [0.29, 0.717) is 21.7 Å². The maximum atomic E-state index is 12.2. The largest absolute Gasteiger partial charge is 0.330 e. The number of rotatable bonds is 3. The Morgan fingerprint density at radius 3 is 2.53 bits per heavy atom. The molecular formula is C14H18Cl2N2O. The number of benzene rings is 1. The van der Waals surface area contributed by atoms with E-state index in [1.54, 1.807) is 18.2 Å². The van der Waals surface area contributed by atoms with Gasteiger partial charge in [-0.1, -0.05) is 23.2 Å². The van der Waals surface area contributed by atoms with E-state index in [9.17, 15) is 4.79 Å². The molecule has 0 bridgehead atoms. The van der Waals surface area contributed by atoms with Gasteiger partial charge in [0.2, 0.25) is 5.91 Å². The third-order valence-corrected chi connectivity index (χ3v) is 4.29. The Hall–Kier alpha value is -0.770. The fourth-order valence-corrected chi connectivity index (χ4v) is 2.94. The molecule has 0 aromatic heterocycles. The average molecular weight is 301 g/mol. The Morgan fingerprint density at radius 2 is 1.95 bits per heavy atom. The molecule has 3 nitrogen and oxygen atoms in total. The number of hydrogen-bond acceptors (Lipinski definition) is 2. The lowest BCUT2D eigenvalue weighted by molar-refractivity contribution is -0.121. The Kier molecular flexibility index (Phi) is 5.08. The first-order chi connectivity index (χ1) is 9.10. The predicted molar refractivity (Wildman–Crippen MR) is 79.6 cm³/mol. The van der Waals surface area contributed by atoms with E-state index in [1.165, 1.54) is 0 Å². The van der Waals surface area contributed by atoms with Gasteiger partial charge in [0.05, 0.1) is 10.7 Å². The first kappa shape index (κ1) is 14.6. The lowest BCUT2D eigenvalue weighted by Crippen LogP contribution is -2.29. The van der Waals surface area contributed by atoms with E-state index < -0.39 is 0 Å². The van der Waals surface area contributed by atoms with Crippen molar-refractivity contribution in [1.82, 2.24) is 0 Å². The smallest absolute Gasteiger partial charge is 0.227 e. The van der Waals surface area contributed by atoms with E-state index in [1.807, 2.05) is 0 Å². The molecule has 2 rings (SSSR count). The molecule has 1 aliphatic carbocycles. The molecule has 1 aromatic carbocycles. The number of nitrogens with two attached hydrogens (primary N) is 1. The van der Waals surface area contributed by atoms with Crippen molar-refractivity contribution in [3.63, 3.8) is 0 Å². The van der Waals surface area contributed by atoms with Crippen LogP contribution < -0.4 is 11.1 Å². The minimum Gasteiger partial charge on any atom is -0.330 e. The fraction of sp³-hybridized carbons (Fsp3) is 0.500. The quantitative estimate of drug-likeness (QED) is 0.894. The highest BCUT2D eigenvalue weighted by Crippen LogP contribution is 2.30. The van der Waals surface area contributed by atoms with Crippen LogP contribution in [0.25, 0.3) is 0 Å². The third-order valence-electron chi connectivity index (χ3n) is 3.74. The summed E-state index contributed by atoms with van der Waals surface area (Å²) in [5.41, 5.74) is 6.27. The van der Waals surface area contributed by atoms with Gasteiger partial charge in [0.1, 0.15) is 0 Å². The zero-order valence-corrected chi connectivity index (χ0v) is 12.2. The summed E-state index contributed by atoms with van der Waals surface area (Å²) in [6.45, 7) is 0.720. The van der Waals surface area contributed by atoms with Gasteiger partial charge in [0.25, 0.3) is 0 Å². The van der Waals surface area contributed by atoms with Gasteiger partial charge in [-0.3, -0.25) is 4.79 Å². The van der Waals surface area contributed by atoms with Crippen LogP contribution in [0, 0.1) is 11.8 Å². The number of anilines is 1. The van der Waals surface area contributed by atoms with Crippen molar-refractivity contribution in [2.24, 2.45) is 17.6 Å². The zero-order chi connectivity index (χ0) is 13.8. The highest BCUT2D eigenvalue weighted by atomic mass is 35.5. The number of carbonyl (C=O) groups is 1. The molecule has 1 aromatic rings. The maximum absolute atomic E-state index is 12.2. The molecule has 0 spiro atoms. The highest BCUT2D eigenvalue weighted by molar-refractivity contribution is 6.36. The van der Waals surface area contributed by atoms with Crippen molar-refractivity contribution < 1.29 is 4.79 Å². The molecule has 1 fully saturated rings. The van der Waals surface area contributed by atoms with Crippen molar-refractivity contribution in [3.8, 4) is 0 Å². The molecule has 0 heterocycles. The summed E-state index contributed by atoms with van der Waals surface area (Å²) in [6.07, 6.45) is 3.86. The number of halogens is 2. The number of nitrogens with one attached hydrogen (secondary N) is 1. The maximum Gasteiger partial charge on any atom is 0.227 e. The second kappa shape index (κ2) is 6.60. The number of carbonyl (C=O) groups excluding carboxylic acids is 1. The molecule has 1 saturated carbocycles. The van der Waals surface area contributed by atoms with Crippen LogP contribution in [0.2, 0.25) is 10.0 Å². The van der Waals surface area contributed by atoms with Gasteiger partial charge < -0.3 is 11.1 Å². The molecule has 0 atom stereocenters. The Bertz CT molecular complexity index is 457. The Balaban J connectivity index is 1.94. The van der Waals surface area contributed by atoms with Crippen LogP contribution in [-0.4, -0.2) is 12.5 Å². The van der Waals surface area contributed by atoms with Crippen LogP contribution in [0.5, 0.6) is 0 Å². The summed E-state index contributed by atoms with van der Waals surface area (Å²) in [4.78, 5) is 12.2. The van der Waals surface area contributed by atoms with Gasteiger partial charge >= 0.3 is 0 Å². The van der Waals surface area contributed by atoms with Crippen molar-refractivity contribution in [1.29, 1.82) is 0 Å². The third kappa shape index (κ3) is 3.85. The highest BCUT2D eigenvalue weighted by Gasteiger charge is 2.25. The SMILES string of the molecule is NCC1CCC(C(=O)Nc2ccc(Cl)cc2Cl)CC1. The van der Waals surface area contributed by atoms with E-state index in [2.05, 4.69) is 5.32 Å². The minimum atomic E-state index is 0.0414. The summed E-state index contributed by atoms with van der Waals surface area (Å²) < 4.78 is 0. The molecule has 0 aliphatic heterocycles. The normalized spacial score (nSPS) is 23.1. The molecule has 0 saturated heterocycles. The topological polar surface area (TPSA) is 55.1 Å². The summed E-state index contributed by atoms with van der Waals surface area (Å²) >= 11 is 11.9. The van der Waals surface area contributed by atoms with Gasteiger partial charge in [-0.15, -0.1) is 0 Å². The lowest BCUT2D eigenvalue weighted by atomic mass is 9.81. The summed E-state index contributed by atoms with van der Waals surface area (Å²) in [5, 5.41) is 3.91. The van der Waals surface area contributed by atoms with E-state index in [0.717, 1.165) is 32.2 Å². The predicted octanol–water partition coefficient (Wildman–Crippen LogP) is 3.70. The molecule has 19 heavy (non-hydrogen) atoms. The molecule has 104 valence electrons. The summed E-state index contributed by atoms with van der Waals surface area (Å²) in [6, 6.07) is 5.08. The second-order valence-corrected chi connectivity index (χ2v) is 5.91. The first-order valence-electron chi connectivity index (χ1n) is 6.56. The van der Waals surface area contributed by atoms with E-state index in [4.69, 9.17) is 28.9 Å². The zero-order valence-electron chi connectivity index (χ0n) is 10.7. The van der Waals surface area contributed by atoms with Crippen LogP contribution in [0.4, 0.5) is 5.69 Å². The van der Waals surface area contributed by atoms with Crippen molar-refractivity contribution in [2.45, 2.75) is 25.7 Å². The van der Waals surface area contributed by atoms with Gasteiger partial charge in [-0.2, -0.15) is 0 Å². The van der Waals surface area contributed by atoms with Gasteiger partial charge in [0.15, 0.2) is 0 Å². The van der Waals surface area contributed by atoms with E-state index >= 15 is 0 Å². The van der Waals surface area contributed by atoms with Crippen LogP contribution in [0.1, 0.15) is 25.7 Å².